The van der Waals surface area contributed by atoms with Crippen LogP contribution in [0.5, 0.6) is 5.75 Å². The number of ether oxygens (including phenoxy) is 1. The normalized spacial score (nSPS) is 18.8. The van der Waals surface area contributed by atoms with E-state index in [0.717, 1.165) is 24.4 Å². The van der Waals surface area contributed by atoms with Crippen LogP contribution in [-0.2, 0) is 6.42 Å². The van der Waals surface area contributed by atoms with Crippen LogP contribution in [0.1, 0.15) is 23.0 Å². The lowest BCUT2D eigenvalue weighted by Crippen LogP contribution is -2.30. The molecule has 2 N–H and O–H groups in total. The lowest BCUT2D eigenvalue weighted by atomic mass is 9.98. The summed E-state index contributed by atoms with van der Waals surface area (Å²) in [4.78, 5) is 7.61. The molecule has 0 spiro atoms. The van der Waals surface area contributed by atoms with Crippen molar-refractivity contribution in [1.29, 1.82) is 0 Å². The minimum atomic E-state index is 0.191. The van der Waals surface area contributed by atoms with Crippen LogP contribution in [0, 0.1) is 0 Å². The van der Waals surface area contributed by atoms with Crippen molar-refractivity contribution in [2.45, 2.75) is 12.5 Å². The van der Waals surface area contributed by atoms with Gasteiger partial charge in [-0.2, -0.15) is 0 Å². The molecule has 1 aliphatic heterocycles. The van der Waals surface area contributed by atoms with Crippen molar-refractivity contribution in [3.05, 3.63) is 47.5 Å². The maximum atomic E-state index is 5.17. The number of hydrogen-bond acceptors (Lipinski definition) is 3. The van der Waals surface area contributed by atoms with Gasteiger partial charge in [0.2, 0.25) is 0 Å². The average molecular weight is 229 g/mol. The maximum absolute atomic E-state index is 5.17. The highest BCUT2D eigenvalue weighted by Gasteiger charge is 2.23. The standard InChI is InChI=1S/C13H15N3O/c1-17-10-4-2-9(3-5-10)12-13-11(6-7-14-12)15-8-16-13/h2-5,8,12,14H,6-7H2,1H3,(H,15,16)/t12-/m0/s1. The van der Waals surface area contributed by atoms with Gasteiger partial charge in [-0.3, -0.25) is 0 Å². The highest BCUT2D eigenvalue weighted by molar-refractivity contribution is 5.35. The van der Waals surface area contributed by atoms with Gasteiger partial charge in [0, 0.05) is 18.7 Å². The predicted octanol–water partition coefficient (Wildman–Crippen LogP) is 1.65. The van der Waals surface area contributed by atoms with Gasteiger partial charge in [-0.25, -0.2) is 4.98 Å². The second-order valence-electron chi connectivity index (χ2n) is 4.18. The Morgan fingerprint density at radius 3 is 2.88 bits per heavy atom. The van der Waals surface area contributed by atoms with Crippen LogP contribution in [-0.4, -0.2) is 23.6 Å². The van der Waals surface area contributed by atoms with E-state index in [9.17, 15) is 0 Å². The van der Waals surface area contributed by atoms with Crippen molar-refractivity contribution < 1.29 is 4.74 Å². The largest absolute Gasteiger partial charge is 0.497 e. The molecule has 3 rings (SSSR count). The summed E-state index contributed by atoms with van der Waals surface area (Å²) < 4.78 is 5.17. The van der Waals surface area contributed by atoms with Gasteiger partial charge in [0.05, 0.1) is 25.2 Å². The zero-order valence-electron chi connectivity index (χ0n) is 9.73. The molecule has 1 aromatic heterocycles. The van der Waals surface area contributed by atoms with Crippen LogP contribution in [0.2, 0.25) is 0 Å². The minimum absolute atomic E-state index is 0.191. The van der Waals surface area contributed by atoms with Crippen molar-refractivity contribution in [3.8, 4) is 5.75 Å². The van der Waals surface area contributed by atoms with Gasteiger partial charge in [-0.15, -0.1) is 0 Å². The van der Waals surface area contributed by atoms with Crippen molar-refractivity contribution in [2.75, 3.05) is 13.7 Å². The van der Waals surface area contributed by atoms with Crippen LogP contribution in [0.25, 0.3) is 0 Å². The third-order valence-corrected chi connectivity index (χ3v) is 3.20. The van der Waals surface area contributed by atoms with Crippen LogP contribution in [0.15, 0.2) is 30.6 Å². The molecule has 0 bridgehead atoms. The lowest BCUT2D eigenvalue weighted by molar-refractivity contribution is 0.414. The molecule has 4 nitrogen and oxygen atoms in total. The average Bonchev–Trinajstić information content (AvgIpc) is 2.87. The summed E-state index contributed by atoms with van der Waals surface area (Å²) in [5.74, 6) is 0.881. The van der Waals surface area contributed by atoms with Gasteiger partial charge in [-0.1, -0.05) is 12.1 Å². The Hall–Kier alpha value is -1.81. The van der Waals surface area contributed by atoms with Crippen molar-refractivity contribution in [2.24, 2.45) is 0 Å². The molecule has 1 aliphatic rings. The summed E-state index contributed by atoms with van der Waals surface area (Å²) in [6.07, 6.45) is 2.79. The van der Waals surface area contributed by atoms with Crippen molar-refractivity contribution >= 4 is 0 Å². The first-order chi connectivity index (χ1) is 8.38. The molecule has 0 fully saturated rings. The number of nitrogens with zero attached hydrogens (tertiary/aromatic N) is 1. The molecule has 0 aliphatic carbocycles. The Morgan fingerprint density at radius 1 is 1.29 bits per heavy atom. The Labute approximate surface area is 100 Å². The smallest absolute Gasteiger partial charge is 0.118 e. The number of imidazole rings is 1. The number of hydrogen-bond donors (Lipinski definition) is 2. The second kappa shape index (κ2) is 4.22. The number of aromatic nitrogens is 2. The number of benzene rings is 1. The van der Waals surface area contributed by atoms with E-state index < -0.39 is 0 Å². The van der Waals surface area contributed by atoms with Crippen LogP contribution in [0.3, 0.4) is 0 Å². The molecule has 0 radical (unpaired) electrons. The SMILES string of the molecule is COc1ccc([C@@H]2NCCc3[nH]cnc32)cc1. The molecule has 4 heteroatoms. The third-order valence-electron chi connectivity index (χ3n) is 3.20. The fourth-order valence-electron chi connectivity index (χ4n) is 2.29. The highest BCUT2D eigenvalue weighted by Crippen LogP contribution is 2.27. The number of nitrogens with one attached hydrogen (secondary N) is 2. The fourth-order valence-corrected chi connectivity index (χ4v) is 2.29. The zero-order chi connectivity index (χ0) is 11.7. The number of methoxy groups -OCH3 is 1. The molecule has 0 saturated carbocycles. The molecule has 1 aromatic carbocycles. The molecular weight excluding hydrogens is 214 g/mol. The second-order valence-corrected chi connectivity index (χ2v) is 4.18. The number of fused-ring (bicyclic) bond motifs is 1. The van der Waals surface area contributed by atoms with Crippen LogP contribution < -0.4 is 10.1 Å². The first-order valence-corrected chi connectivity index (χ1v) is 5.78. The fraction of sp³-hybridized carbons (Fsp3) is 0.308. The van der Waals surface area contributed by atoms with Crippen LogP contribution >= 0.6 is 0 Å². The molecule has 2 heterocycles. The molecule has 0 unspecified atom stereocenters. The summed E-state index contributed by atoms with van der Waals surface area (Å²) in [5.41, 5.74) is 3.57. The van der Waals surface area contributed by atoms with Crippen LogP contribution in [0.4, 0.5) is 0 Å². The van der Waals surface area contributed by atoms with E-state index in [0.29, 0.717) is 0 Å². The first-order valence-electron chi connectivity index (χ1n) is 5.78. The number of aromatic amines is 1. The predicted molar refractivity (Wildman–Crippen MR) is 65.1 cm³/mol. The summed E-state index contributed by atoms with van der Waals surface area (Å²) in [6, 6.07) is 8.33. The zero-order valence-corrected chi connectivity index (χ0v) is 9.73. The topological polar surface area (TPSA) is 49.9 Å². The van der Waals surface area contributed by atoms with Gasteiger partial charge in [0.1, 0.15) is 5.75 Å². The summed E-state index contributed by atoms with van der Waals surface area (Å²) in [7, 11) is 1.68. The third kappa shape index (κ3) is 1.80. The summed E-state index contributed by atoms with van der Waals surface area (Å²) in [6.45, 7) is 0.978. The highest BCUT2D eigenvalue weighted by atomic mass is 16.5. The minimum Gasteiger partial charge on any atom is -0.497 e. The van der Waals surface area contributed by atoms with Gasteiger partial charge in [-0.05, 0) is 17.7 Å². The molecule has 0 saturated heterocycles. The van der Waals surface area contributed by atoms with E-state index >= 15 is 0 Å². The molecule has 88 valence electrons. The Morgan fingerprint density at radius 2 is 2.12 bits per heavy atom. The quantitative estimate of drug-likeness (QED) is 0.823. The number of rotatable bonds is 2. The van der Waals surface area contributed by atoms with Gasteiger partial charge >= 0.3 is 0 Å². The first kappa shape index (κ1) is 10.4. The molecule has 2 aromatic rings. The van der Waals surface area contributed by atoms with Crippen molar-refractivity contribution in [3.63, 3.8) is 0 Å². The Kier molecular flexibility index (Phi) is 2.57. The summed E-state index contributed by atoms with van der Waals surface area (Å²) >= 11 is 0. The van der Waals surface area contributed by atoms with Crippen molar-refractivity contribution in [1.82, 2.24) is 15.3 Å². The van der Waals surface area contributed by atoms with E-state index in [1.807, 2.05) is 12.1 Å². The molecule has 1 atom stereocenters. The van der Waals surface area contributed by atoms with E-state index in [2.05, 4.69) is 27.4 Å². The maximum Gasteiger partial charge on any atom is 0.118 e. The van der Waals surface area contributed by atoms with Gasteiger partial charge in [0.15, 0.2) is 0 Å². The summed E-state index contributed by atoms with van der Waals surface area (Å²) in [5, 5.41) is 3.49. The Bertz CT molecular complexity index is 504. The van der Waals surface area contributed by atoms with E-state index in [4.69, 9.17) is 4.74 Å². The monoisotopic (exact) mass is 229 g/mol. The number of H-pyrrole nitrogens is 1. The molecular formula is C13H15N3O. The van der Waals surface area contributed by atoms with E-state index in [-0.39, 0.29) is 6.04 Å². The molecule has 0 amide bonds. The van der Waals surface area contributed by atoms with E-state index in [1.165, 1.54) is 11.3 Å². The van der Waals surface area contributed by atoms with E-state index in [1.54, 1.807) is 13.4 Å². The molecule has 17 heavy (non-hydrogen) atoms. The van der Waals surface area contributed by atoms with Gasteiger partial charge in [0.25, 0.3) is 0 Å². The van der Waals surface area contributed by atoms with Gasteiger partial charge < -0.3 is 15.0 Å². The lowest BCUT2D eigenvalue weighted by Gasteiger charge is -2.23. The Balaban J connectivity index is 1.95.